The van der Waals surface area contributed by atoms with Crippen molar-refractivity contribution in [3.63, 3.8) is 0 Å². The second kappa shape index (κ2) is 7.03. The number of carboxylic acid groups (broad SMARTS) is 1. The van der Waals surface area contributed by atoms with Gasteiger partial charge in [-0.05, 0) is 12.1 Å². The van der Waals surface area contributed by atoms with Crippen molar-refractivity contribution in [2.45, 2.75) is 17.5 Å². The third-order valence-corrected chi connectivity index (χ3v) is 5.25. The van der Waals surface area contributed by atoms with Crippen LogP contribution in [-0.2, 0) is 14.8 Å². The molecule has 0 saturated carbocycles. The van der Waals surface area contributed by atoms with Crippen LogP contribution in [-0.4, -0.2) is 43.1 Å². The van der Waals surface area contributed by atoms with Crippen LogP contribution in [0.1, 0.15) is 6.42 Å². The molecule has 0 aliphatic heterocycles. The average molecular weight is 380 g/mol. The SMILES string of the molecule is O=C(O)CCN(CC(F)(F)F)S(=O)(=O)c1c(Cl)cccc1Cl. The second-order valence-electron chi connectivity index (χ2n) is 4.15. The monoisotopic (exact) mass is 379 g/mol. The summed E-state index contributed by atoms with van der Waals surface area (Å²) in [7, 11) is -4.71. The molecule has 0 radical (unpaired) electrons. The molecular weight excluding hydrogens is 370 g/mol. The summed E-state index contributed by atoms with van der Waals surface area (Å²) >= 11 is 11.4. The van der Waals surface area contributed by atoms with Gasteiger partial charge in [0.05, 0.1) is 16.5 Å². The minimum atomic E-state index is -4.85. The highest BCUT2D eigenvalue weighted by Gasteiger charge is 2.38. The van der Waals surface area contributed by atoms with Crippen LogP contribution in [0.2, 0.25) is 10.0 Å². The molecule has 1 aromatic carbocycles. The van der Waals surface area contributed by atoms with E-state index in [0.29, 0.717) is 0 Å². The van der Waals surface area contributed by atoms with E-state index in [-0.39, 0.29) is 14.4 Å². The Hall–Kier alpha value is -1.03. The molecule has 0 aliphatic rings. The minimum Gasteiger partial charge on any atom is -0.481 e. The summed E-state index contributed by atoms with van der Waals surface area (Å²) in [6, 6.07) is 3.64. The Kier molecular flexibility index (Phi) is 6.08. The Bertz CT molecular complexity index is 644. The maximum Gasteiger partial charge on any atom is 0.402 e. The molecule has 5 nitrogen and oxygen atoms in total. The molecule has 0 bridgehead atoms. The molecule has 0 aliphatic carbocycles. The average Bonchev–Trinajstić information content (AvgIpc) is 2.32. The number of benzene rings is 1. The maximum absolute atomic E-state index is 12.6. The van der Waals surface area contributed by atoms with Gasteiger partial charge in [-0.1, -0.05) is 29.3 Å². The minimum absolute atomic E-state index is 0.00574. The lowest BCUT2D eigenvalue weighted by atomic mass is 10.4. The van der Waals surface area contributed by atoms with Crippen LogP contribution in [0, 0.1) is 0 Å². The van der Waals surface area contributed by atoms with Crippen molar-refractivity contribution in [3.8, 4) is 0 Å². The number of hydrogen-bond acceptors (Lipinski definition) is 3. The fourth-order valence-corrected chi connectivity index (χ4v) is 4.08. The smallest absolute Gasteiger partial charge is 0.402 e. The zero-order valence-corrected chi connectivity index (χ0v) is 13.1. The van der Waals surface area contributed by atoms with E-state index in [1.807, 2.05) is 0 Å². The Balaban J connectivity index is 3.29. The van der Waals surface area contributed by atoms with E-state index in [0.717, 1.165) is 12.1 Å². The first-order valence-corrected chi connectivity index (χ1v) is 7.87. The van der Waals surface area contributed by atoms with Gasteiger partial charge in [-0.2, -0.15) is 17.5 Å². The molecule has 0 unspecified atom stereocenters. The molecule has 1 N–H and O–H groups in total. The number of carboxylic acids is 1. The lowest BCUT2D eigenvalue weighted by molar-refractivity contribution is -0.142. The van der Waals surface area contributed by atoms with E-state index in [9.17, 15) is 26.4 Å². The Morgan fingerprint density at radius 1 is 1.23 bits per heavy atom. The molecular formula is C11H10Cl2F3NO4S. The first-order chi connectivity index (χ1) is 9.95. The summed E-state index contributed by atoms with van der Waals surface area (Å²) in [5.74, 6) is -1.44. The van der Waals surface area contributed by atoms with E-state index in [1.165, 1.54) is 6.07 Å². The quantitative estimate of drug-likeness (QED) is 0.824. The van der Waals surface area contributed by atoms with Crippen LogP contribution in [0.15, 0.2) is 23.1 Å². The fraction of sp³-hybridized carbons (Fsp3) is 0.364. The molecule has 0 saturated heterocycles. The molecule has 0 aromatic heterocycles. The second-order valence-corrected chi connectivity index (χ2v) is 6.84. The van der Waals surface area contributed by atoms with Gasteiger partial charge in [-0.15, -0.1) is 0 Å². The molecule has 22 heavy (non-hydrogen) atoms. The first kappa shape index (κ1) is 19.0. The van der Waals surface area contributed by atoms with Gasteiger partial charge in [0.25, 0.3) is 0 Å². The summed E-state index contributed by atoms with van der Waals surface area (Å²) in [6.45, 7) is -2.71. The number of halogens is 5. The highest BCUT2D eigenvalue weighted by molar-refractivity contribution is 7.89. The van der Waals surface area contributed by atoms with Gasteiger partial charge in [-0.3, -0.25) is 4.79 Å². The molecule has 11 heteroatoms. The number of alkyl halides is 3. The summed E-state index contributed by atoms with van der Waals surface area (Å²) in [5.41, 5.74) is 0. The van der Waals surface area contributed by atoms with Crippen molar-refractivity contribution in [2.24, 2.45) is 0 Å². The summed E-state index contributed by atoms with van der Waals surface area (Å²) in [4.78, 5) is 9.82. The molecule has 0 amide bonds. The molecule has 1 aromatic rings. The van der Waals surface area contributed by atoms with E-state index < -0.39 is 46.6 Å². The third-order valence-electron chi connectivity index (χ3n) is 2.45. The molecule has 0 spiro atoms. The number of rotatable bonds is 6. The predicted octanol–water partition coefficient (Wildman–Crippen LogP) is 3.02. The van der Waals surface area contributed by atoms with E-state index >= 15 is 0 Å². The van der Waals surface area contributed by atoms with Gasteiger partial charge in [0.2, 0.25) is 10.0 Å². The van der Waals surface area contributed by atoms with Gasteiger partial charge >= 0.3 is 12.1 Å². The van der Waals surface area contributed by atoms with Crippen molar-refractivity contribution < 1.29 is 31.5 Å². The van der Waals surface area contributed by atoms with Crippen molar-refractivity contribution in [3.05, 3.63) is 28.2 Å². The lowest BCUT2D eigenvalue weighted by Gasteiger charge is -2.23. The third kappa shape index (κ3) is 5.01. The zero-order valence-electron chi connectivity index (χ0n) is 10.8. The molecule has 0 fully saturated rings. The van der Waals surface area contributed by atoms with Crippen molar-refractivity contribution in [2.75, 3.05) is 13.1 Å². The largest absolute Gasteiger partial charge is 0.481 e. The highest BCUT2D eigenvalue weighted by atomic mass is 35.5. The normalized spacial score (nSPS) is 12.6. The van der Waals surface area contributed by atoms with Crippen LogP contribution in [0.4, 0.5) is 13.2 Å². The van der Waals surface area contributed by atoms with E-state index in [4.69, 9.17) is 28.3 Å². The van der Waals surface area contributed by atoms with Gasteiger partial charge in [0, 0.05) is 6.54 Å². The van der Waals surface area contributed by atoms with Gasteiger partial charge in [0.1, 0.15) is 11.4 Å². The van der Waals surface area contributed by atoms with Crippen LogP contribution >= 0.6 is 23.2 Å². The van der Waals surface area contributed by atoms with Crippen molar-refractivity contribution in [1.82, 2.24) is 4.31 Å². The molecule has 1 rings (SSSR count). The number of hydrogen-bond donors (Lipinski definition) is 1. The Morgan fingerprint density at radius 2 is 1.73 bits per heavy atom. The van der Waals surface area contributed by atoms with Crippen LogP contribution in [0.5, 0.6) is 0 Å². The topological polar surface area (TPSA) is 74.7 Å². The van der Waals surface area contributed by atoms with Crippen LogP contribution in [0.25, 0.3) is 0 Å². The van der Waals surface area contributed by atoms with Crippen molar-refractivity contribution in [1.29, 1.82) is 0 Å². The van der Waals surface area contributed by atoms with Gasteiger partial charge in [-0.25, -0.2) is 8.42 Å². The summed E-state index contributed by atoms with van der Waals surface area (Å²) in [5, 5.41) is 7.85. The standard InChI is InChI=1S/C11H10Cl2F3NO4S/c12-7-2-1-3-8(13)10(7)22(20,21)17(5-4-9(18)19)6-11(14,15)16/h1-3H,4-6H2,(H,18,19). The van der Waals surface area contributed by atoms with E-state index in [1.54, 1.807) is 0 Å². The number of aliphatic carboxylic acids is 1. The number of sulfonamides is 1. The summed E-state index contributed by atoms with van der Waals surface area (Å²) in [6.07, 6.45) is -5.64. The molecule has 0 atom stereocenters. The van der Waals surface area contributed by atoms with Crippen molar-refractivity contribution >= 4 is 39.2 Å². The van der Waals surface area contributed by atoms with Gasteiger partial charge in [0.15, 0.2) is 0 Å². The number of nitrogens with zero attached hydrogens (tertiary/aromatic N) is 1. The predicted molar refractivity (Wildman–Crippen MR) is 73.5 cm³/mol. The van der Waals surface area contributed by atoms with Crippen LogP contribution in [0.3, 0.4) is 0 Å². The Labute approximate surface area is 134 Å². The zero-order chi connectivity index (χ0) is 17.1. The summed E-state index contributed by atoms with van der Waals surface area (Å²) < 4.78 is 62.3. The maximum atomic E-state index is 12.6. The van der Waals surface area contributed by atoms with Gasteiger partial charge < -0.3 is 5.11 Å². The number of carbonyl (C=O) groups is 1. The first-order valence-electron chi connectivity index (χ1n) is 5.68. The molecule has 0 heterocycles. The molecule has 124 valence electrons. The Morgan fingerprint density at radius 3 is 2.14 bits per heavy atom. The van der Waals surface area contributed by atoms with Crippen LogP contribution < -0.4 is 0 Å². The lowest BCUT2D eigenvalue weighted by Crippen LogP contribution is -2.40. The fourth-order valence-electron chi connectivity index (χ4n) is 1.56. The highest BCUT2D eigenvalue weighted by Crippen LogP contribution is 2.32. The van der Waals surface area contributed by atoms with E-state index in [2.05, 4.69) is 0 Å².